The number of rotatable bonds is 2. The third-order valence-electron chi connectivity index (χ3n) is 2.16. The summed E-state index contributed by atoms with van der Waals surface area (Å²) in [4.78, 5) is 0. The molecule has 76 valence electrons. The molecule has 0 aromatic heterocycles. The molecular formula is C10H13NO2S. The SMILES string of the molecule is Cc1cc2c(cc1NCS)OCCO2. The molecule has 0 bridgehead atoms. The van der Waals surface area contributed by atoms with Crippen molar-refractivity contribution in [1.29, 1.82) is 0 Å². The molecule has 0 radical (unpaired) electrons. The quantitative estimate of drug-likeness (QED) is 0.580. The molecule has 0 unspecified atom stereocenters. The molecule has 0 amide bonds. The highest BCUT2D eigenvalue weighted by molar-refractivity contribution is 7.80. The maximum atomic E-state index is 5.48. The Morgan fingerprint density at radius 2 is 1.93 bits per heavy atom. The Labute approximate surface area is 88.8 Å². The van der Waals surface area contributed by atoms with Gasteiger partial charge in [0.15, 0.2) is 11.5 Å². The molecule has 3 nitrogen and oxygen atoms in total. The second-order valence-electron chi connectivity index (χ2n) is 3.15. The van der Waals surface area contributed by atoms with Crippen LogP contribution in [0.25, 0.3) is 0 Å². The van der Waals surface area contributed by atoms with Crippen LogP contribution in [0, 0.1) is 6.92 Å². The number of ether oxygens (including phenoxy) is 2. The first-order valence-corrected chi connectivity index (χ1v) is 5.19. The van der Waals surface area contributed by atoms with Crippen LogP contribution in [0.2, 0.25) is 0 Å². The van der Waals surface area contributed by atoms with Crippen molar-refractivity contribution in [2.45, 2.75) is 6.92 Å². The predicted octanol–water partition coefficient (Wildman–Crippen LogP) is 2.07. The van der Waals surface area contributed by atoms with Crippen LogP contribution >= 0.6 is 12.6 Å². The van der Waals surface area contributed by atoms with Crippen molar-refractivity contribution in [2.75, 3.05) is 24.4 Å². The van der Waals surface area contributed by atoms with Gasteiger partial charge in [0, 0.05) is 11.8 Å². The first-order chi connectivity index (χ1) is 6.81. The number of hydrogen-bond donors (Lipinski definition) is 2. The third kappa shape index (κ3) is 1.75. The van der Waals surface area contributed by atoms with Gasteiger partial charge in [0.1, 0.15) is 13.2 Å². The van der Waals surface area contributed by atoms with Gasteiger partial charge in [-0.3, -0.25) is 0 Å². The number of aryl methyl sites for hydroxylation is 1. The van der Waals surface area contributed by atoms with Gasteiger partial charge < -0.3 is 14.8 Å². The smallest absolute Gasteiger partial charge is 0.163 e. The Bertz CT molecular complexity index is 341. The summed E-state index contributed by atoms with van der Waals surface area (Å²) in [5.74, 6) is 2.25. The van der Waals surface area contributed by atoms with Crippen LogP contribution in [0.3, 0.4) is 0 Å². The maximum absolute atomic E-state index is 5.48. The molecule has 0 fully saturated rings. The number of anilines is 1. The number of fused-ring (bicyclic) bond motifs is 1. The summed E-state index contributed by atoms with van der Waals surface area (Å²) >= 11 is 4.12. The minimum Gasteiger partial charge on any atom is -0.486 e. The first-order valence-electron chi connectivity index (χ1n) is 4.56. The van der Waals surface area contributed by atoms with E-state index in [4.69, 9.17) is 9.47 Å². The van der Waals surface area contributed by atoms with Crippen molar-refractivity contribution >= 4 is 18.3 Å². The summed E-state index contributed by atoms with van der Waals surface area (Å²) < 4.78 is 10.9. The van der Waals surface area contributed by atoms with Gasteiger partial charge >= 0.3 is 0 Å². The van der Waals surface area contributed by atoms with Crippen LogP contribution in [0.4, 0.5) is 5.69 Å². The molecule has 0 saturated heterocycles. The fraction of sp³-hybridized carbons (Fsp3) is 0.400. The normalized spacial score (nSPS) is 13.9. The zero-order valence-electron chi connectivity index (χ0n) is 8.04. The van der Waals surface area contributed by atoms with E-state index in [9.17, 15) is 0 Å². The van der Waals surface area contributed by atoms with Crippen LogP contribution in [0.1, 0.15) is 5.56 Å². The van der Waals surface area contributed by atoms with Crippen molar-refractivity contribution in [3.8, 4) is 11.5 Å². The molecule has 2 rings (SSSR count). The van der Waals surface area contributed by atoms with E-state index >= 15 is 0 Å². The topological polar surface area (TPSA) is 30.5 Å². The zero-order valence-corrected chi connectivity index (χ0v) is 8.93. The molecule has 1 N–H and O–H groups in total. The van der Waals surface area contributed by atoms with Crippen LogP contribution < -0.4 is 14.8 Å². The molecule has 0 atom stereocenters. The average molecular weight is 211 g/mol. The van der Waals surface area contributed by atoms with Gasteiger partial charge in [-0.2, -0.15) is 12.6 Å². The second-order valence-corrected chi connectivity index (χ2v) is 3.46. The van der Waals surface area contributed by atoms with Gasteiger partial charge in [0.25, 0.3) is 0 Å². The fourth-order valence-corrected chi connectivity index (χ4v) is 1.64. The lowest BCUT2D eigenvalue weighted by molar-refractivity contribution is 0.171. The Balaban J connectivity index is 2.35. The first kappa shape index (κ1) is 9.52. The van der Waals surface area contributed by atoms with E-state index in [0.717, 1.165) is 22.7 Å². The second kappa shape index (κ2) is 4.00. The van der Waals surface area contributed by atoms with E-state index in [0.29, 0.717) is 19.1 Å². The Morgan fingerprint density at radius 3 is 2.57 bits per heavy atom. The van der Waals surface area contributed by atoms with Crippen molar-refractivity contribution in [2.24, 2.45) is 0 Å². The molecule has 1 aliphatic heterocycles. The van der Waals surface area contributed by atoms with Crippen molar-refractivity contribution in [3.05, 3.63) is 17.7 Å². The molecular weight excluding hydrogens is 198 g/mol. The van der Waals surface area contributed by atoms with E-state index in [1.807, 2.05) is 19.1 Å². The van der Waals surface area contributed by atoms with Crippen LogP contribution in [-0.2, 0) is 0 Å². The summed E-state index contributed by atoms with van der Waals surface area (Å²) in [6, 6.07) is 3.94. The Kier molecular flexibility index (Phi) is 2.72. The molecule has 1 aromatic carbocycles. The number of thiol groups is 1. The van der Waals surface area contributed by atoms with Crippen LogP contribution in [0.15, 0.2) is 12.1 Å². The zero-order chi connectivity index (χ0) is 9.97. The molecule has 4 heteroatoms. The monoisotopic (exact) mass is 211 g/mol. The summed E-state index contributed by atoms with van der Waals surface area (Å²) in [7, 11) is 0. The summed E-state index contributed by atoms with van der Waals surface area (Å²) in [5, 5.41) is 3.15. The van der Waals surface area contributed by atoms with Gasteiger partial charge in [-0.25, -0.2) is 0 Å². The minimum atomic E-state index is 0.612. The molecule has 0 saturated carbocycles. The van der Waals surface area contributed by atoms with Gasteiger partial charge in [0.05, 0.1) is 5.88 Å². The molecule has 14 heavy (non-hydrogen) atoms. The molecule has 1 aromatic rings. The number of nitrogens with one attached hydrogen (secondary N) is 1. The maximum Gasteiger partial charge on any atom is 0.163 e. The Morgan fingerprint density at radius 1 is 1.29 bits per heavy atom. The molecule has 0 spiro atoms. The van der Waals surface area contributed by atoms with E-state index in [2.05, 4.69) is 17.9 Å². The van der Waals surface area contributed by atoms with Crippen molar-refractivity contribution < 1.29 is 9.47 Å². The number of benzene rings is 1. The van der Waals surface area contributed by atoms with Crippen molar-refractivity contribution in [3.63, 3.8) is 0 Å². The third-order valence-corrected chi connectivity index (χ3v) is 2.32. The average Bonchev–Trinajstić information content (AvgIpc) is 2.19. The minimum absolute atomic E-state index is 0.612. The Hall–Kier alpha value is -1.03. The molecule has 1 aliphatic rings. The van der Waals surface area contributed by atoms with Crippen molar-refractivity contribution in [1.82, 2.24) is 0 Å². The molecule has 0 aliphatic carbocycles. The van der Waals surface area contributed by atoms with E-state index in [1.54, 1.807) is 0 Å². The van der Waals surface area contributed by atoms with Gasteiger partial charge in [0.2, 0.25) is 0 Å². The van der Waals surface area contributed by atoms with E-state index in [1.165, 1.54) is 0 Å². The summed E-state index contributed by atoms with van der Waals surface area (Å²) in [6.45, 7) is 3.28. The van der Waals surface area contributed by atoms with E-state index in [-0.39, 0.29) is 0 Å². The molecule has 1 heterocycles. The highest BCUT2D eigenvalue weighted by Crippen LogP contribution is 2.35. The fourth-order valence-electron chi connectivity index (χ4n) is 1.47. The lowest BCUT2D eigenvalue weighted by atomic mass is 10.1. The van der Waals surface area contributed by atoms with Gasteiger partial charge in [-0.15, -0.1) is 0 Å². The predicted molar refractivity (Wildman–Crippen MR) is 59.6 cm³/mol. The van der Waals surface area contributed by atoms with Gasteiger partial charge in [-0.1, -0.05) is 0 Å². The van der Waals surface area contributed by atoms with E-state index < -0.39 is 0 Å². The largest absolute Gasteiger partial charge is 0.486 e. The highest BCUT2D eigenvalue weighted by atomic mass is 32.1. The summed E-state index contributed by atoms with van der Waals surface area (Å²) in [5.41, 5.74) is 2.19. The van der Waals surface area contributed by atoms with Crippen LogP contribution in [0.5, 0.6) is 11.5 Å². The summed E-state index contributed by atoms with van der Waals surface area (Å²) in [6.07, 6.45) is 0. The lowest BCUT2D eigenvalue weighted by Gasteiger charge is -2.20. The number of hydrogen-bond acceptors (Lipinski definition) is 4. The van der Waals surface area contributed by atoms with Crippen LogP contribution in [-0.4, -0.2) is 19.1 Å². The lowest BCUT2D eigenvalue weighted by Crippen LogP contribution is -2.15. The van der Waals surface area contributed by atoms with Gasteiger partial charge in [-0.05, 0) is 18.6 Å². The standard InChI is InChI=1S/C10H13NO2S/c1-7-4-9-10(13-3-2-12-9)5-8(7)11-6-14/h4-5,11,14H,2-3,6H2,1H3. The highest BCUT2D eigenvalue weighted by Gasteiger charge is 2.13.